The summed E-state index contributed by atoms with van der Waals surface area (Å²) >= 11 is 0. The van der Waals surface area contributed by atoms with Crippen molar-refractivity contribution in [3.63, 3.8) is 0 Å². The van der Waals surface area contributed by atoms with E-state index in [1.807, 2.05) is 0 Å². The molecular formula is C17H9F3N2O4. The fourth-order valence-corrected chi connectivity index (χ4v) is 2.25. The van der Waals surface area contributed by atoms with E-state index in [2.05, 4.69) is 4.99 Å². The van der Waals surface area contributed by atoms with E-state index in [0.717, 1.165) is 12.1 Å². The Morgan fingerprint density at radius 1 is 1.12 bits per heavy atom. The highest BCUT2D eigenvalue weighted by molar-refractivity contribution is 6.12. The van der Waals surface area contributed by atoms with Crippen LogP contribution in [0.15, 0.2) is 59.2 Å². The monoisotopic (exact) mass is 362 g/mol. The molecule has 0 amide bonds. The zero-order chi connectivity index (χ0) is 18.9. The summed E-state index contributed by atoms with van der Waals surface area (Å²) in [7, 11) is 0. The van der Waals surface area contributed by atoms with E-state index in [1.54, 1.807) is 0 Å². The minimum absolute atomic E-state index is 0.00406. The standard InChI is InChI=1S/C17H9F3N2O4/c18-17(19,20)12-5-2-4-11(9-12)15-21-14(16(23)26-15)8-10-3-1-6-13(7-10)22(24)25/h1-9H/b14-8-. The van der Waals surface area contributed by atoms with Gasteiger partial charge in [0, 0.05) is 17.7 Å². The number of rotatable bonds is 3. The molecule has 0 aliphatic carbocycles. The van der Waals surface area contributed by atoms with Crippen LogP contribution in [0.4, 0.5) is 18.9 Å². The van der Waals surface area contributed by atoms with Gasteiger partial charge in [-0.15, -0.1) is 0 Å². The summed E-state index contributed by atoms with van der Waals surface area (Å²) in [5, 5.41) is 10.8. The Balaban J connectivity index is 1.95. The first-order chi connectivity index (χ1) is 12.2. The number of ether oxygens (including phenoxy) is 1. The van der Waals surface area contributed by atoms with Crippen LogP contribution < -0.4 is 0 Å². The van der Waals surface area contributed by atoms with E-state index in [1.165, 1.54) is 42.5 Å². The maximum Gasteiger partial charge on any atom is 0.416 e. The van der Waals surface area contributed by atoms with Crippen molar-refractivity contribution in [2.75, 3.05) is 0 Å². The smallest absolute Gasteiger partial charge is 0.402 e. The molecule has 9 heteroatoms. The highest BCUT2D eigenvalue weighted by Gasteiger charge is 2.32. The molecule has 132 valence electrons. The first-order valence-electron chi connectivity index (χ1n) is 7.19. The maximum absolute atomic E-state index is 12.8. The Morgan fingerprint density at radius 2 is 1.85 bits per heavy atom. The van der Waals surface area contributed by atoms with E-state index in [-0.39, 0.29) is 22.8 Å². The molecule has 3 rings (SSSR count). The summed E-state index contributed by atoms with van der Waals surface area (Å²) in [5.74, 6) is -1.12. The highest BCUT2D eigenvalue weighted by Crippen LogP contribution is 2.30. The number of esters is 1. The molecule has 26 heavy (non-hydrogen) atoms. The number of carbonyl (C=O) groups is 1. The Kier molecular flexibility index (Phi) is 4.29. The quantitative estimate of drug-likeness (QED) is 0.358. The number of alkyl halides is 3. The molecule has 0 N–H and O–H groups in total. The molecule has 0 saturated heterocycles. The Bertz CT molecular complexity index is 964. The number of cyclic esters (lactones) is 1. The van der Waals surface area contributed by atoms with Crippen molar-refractivity contribution in [3.05, 3.63) is 81.0 Å². The molecule has 0 bridgehead atoms. The van der Waals surface area contributed by atoms with Gasteiger partial charge in [0.05, 0.1) is 10.5 Å². The summed E-state index contributed by atoms with van der Waals surface area (Å²) in [4.78, 5) is 26.0. The minimum Gasteiger partial charge on any atom is -0.402 e. The van der Waals surface area contributed by atoms with Gasteiger partial charge in [-0.25, -0.2) is 9.79 Å². The summed E-state index contributed by atoms with van der Waals surface area (Å²) < 4.78 is 43.3. The normalized spacial score (nSPS) is 15.7. The topological polar surface area (TPSA) is 81.8 Å². The van der Waals surface area contributed by atoms with Crippen LogP contribution in [-0.4, -0.2) is 16.8 Å². The lowest BCUT2D eigenvalue weighted by Crippen LogP contribution is -2.09. The zero-order valence-electron chi connectivity index (χ0n) is 12.9. The second-order valence-electron chi connectivity index (χ2n) is 5.27. The van der Waals surface area contributed by atoms with Crippen molar-refractivity contribution in [2.24, 2.45) is 4.99 Å². The van der Waals surface area contributed by atoms with Crippen LogP contribution in [0.3, 0.4) is 0 Å². The fourth-order valence-electron chi connectivity index (χ4n) is 2.25. The second-order valence-corrected chi connectivity index (χ2v) is 5.27. The third-order valence-corrected chi connectivity index (χ3v) is 3.44. The SMILES string of the molecule is O=C1OC(c2cccc(C(F)(F)F)c2)=N/C1=C\c1cccc([N+](=O)[O-])c1. The number of benzene rings is 2. The molecule has 0 saturated carbocycles. The van der Waals surface area contributed by atoms with Gasteiger partial charge in [-0.3, -0.25) is 10.1 Å². The van der Waals surface area contributed by atoms with Crippen molar-refractivity contribution < 1.29 is 27.6 Å². The number of carbonyl (C=O) groups excluding carboxylic acids is 1. The van der Waals surface area contributed by atoms with Gasteiger partial charge in [0.25, 0.3) is 5.69 Å². The third kappa shape index (κ3) is 3.61. The van der Waals surface area contributed by atoms with E-state index in [9.17, 15) is 28.1 Å². The molecule has 2 aromatic rings. The van der Waals surface area contributed by atoms with Gasteiger partial charge in [0.2, 0.25) is 5.90 Å². The molecule has 0 atom stereocenters. The molecule has 1 aliphatic heterocycles. The predicted molar refractivity (Wildman–Crippen MR) is 85.1 cm³/mol. The Morgan fingerprint density at radius 3 is 2.54 bits per heavy atom. The van der Waals surface area contributed by atoms with Gasteiger partial charge in [0.15, 0.2) is 5.70 Å². The Labute approximate surface area is 144 Å². The minimum atomic E-state index is -4.54. The van der Waals surface area contributed by atoms with Crippen molar-refractivity contribution in [3.8, 4) is 0 Å². The van der Waals surface area contributed by atoms with Crippen molar-refractivity contribution in [2.45, 2.75) is 6.18 Å². The van der Waals surface area contributed by atoms with Crippen LogP contribution in [0, 0.1) is 10.1 Å². The number of nitrogens with zero attached hydrogens (tertiary/aromatic N) is 2. The van der Waals surface area contributed by atoms with E-state index < -0.39 is 22.6 Å². The average Bonchev–Trinajstić information content (AvgIpc) is 2.95. The second kappa shape index (κ2) is 6.43. The van der Waals surface area contributed by atoms with Gasteiger partial charge < -0.3 is 4.74 Å². The molecular weight excluding hydrogens is 353 g/mol. The van der Waals surface area contributed by atoms with Crippen molar-refractivity contribution in [1.82, 2.24) is 0 Å². The molecule has 1 aliphatic rings. The summed E-state index contributed by atoms with van der Waals surface area (Å²) in [5.41, 5.74) is -0.911. The largest absolute Gasteiger partial charge is 0.416 e. The van der Waals surface area contributed by atoms with E-state index >= 15 is 0 Å². The molecule has 0 aromatic heterocycles. The van der Waals surface area contributed by atoms with Gasteiger partial charge >= 0.3 is 12.1 Å². The predicted octanol–water partition coefficient (Wildman–Crippen LogP) is 3.96. The van der Waals surface area contributed by atoms with Crippen molar-refractivity contribution in [1.29, 1.82) is 0 Å². The summed E-state index contributed by atoms with van der Waals surface area (Å²) in [6.45, 7) is 0. The molecule has 0 spiro atoms. The lowest BCUT2D eigenvalue weighted by atomic mass is 10.1. The van der Waals surface area contributed by atoms with Crippen LogP contribution in [-0.2, 0) is 15.7 Å². The van der Waals surface area contributed by atoms with Gasteiger partial charge in [0.1, 0.15) is 0 Å². The number of hydrogen-bond donors (Lipinski definition) is 0. The molecule has 0 unspecified atom stereocenters. The van der Waals surface area contributed by atoms with Crippen LogP contribution in [0.5, 0.6) is 0 Å². The number of hydrogen-bond acceptors (Lipinski definition) is 5. The third-order valence-electron chi connectivity index (χ3n) is 3.44. The average molecular weight is 362 g/mol. The van der Waals surface area contributed by atoms with Crippen LogP contribution >= 0.6 is 0 Å². The first-order valence-corrected chi connectivity index (χ1v) is 7.19. The molecule has 2 aromatic carbocycles. The number of halogens is 3. The molecule has 6 nitrogen and oxygen atoms in total. The maximum atomic E-state index is 12.8. The highest BCUT2D eigenvalue weighted by atomic mass is 19.4. The lowest BCUT2D eigenvalue weighted by Gasteiger charge is -2.07. The Hall–Kier alpha value is -3.49. The zero-order valence-corrected chi connectivity index (χ0v) is 12.9. The van der Waals surface area contributed by atoms with Crippen LogP contribution in [0.2, 0.25) is 0 Å². The summed E-state index contributed by atoms with van der Waals surface area (Å²) in [6.07, 6.45) is -3.28. The van der Waals surface area contributed by atoms with Crippen LogP contribution in [0.1, 0.15) is 16.7 Å². The lowest BCUT2D eigenvalue weighted by molar-refractivity contribution is -0.384. The van der Waals surface area contributed by atoms with Crippen molar-refractivity contribution >= 4 is 23.6 Å². The van der Waals surface area contributed by atoms with E-state index in [0.29, 0.717) is 5.56 Å². The van der Waals surface area contributed by atoms with Gasteiger partial charge in [-0.1, -0.05) is 18.2 Å². The number of aliphatic imine (C=N–C) groups is 1. The number of nitro benzene ring substituents is 1. The molecule has 1 heterocycles. The first kappa shape index (κ1) is 17.3. The summed E-state index contributed by atoms with van der Waals surface area (Å²) in [6, 6.07) is 9.69. The fraction of sp³-hybridized carbons (Fsp3) is 0.0588. The molecule has 0 fully saturated rings. The van der Waals surface area contributed by atoms with Gasteiger partial charge in [-0.2, -0.15) is 13.2 Å². The van der Waals surface area contributed by atoms with E-state index in [4.69, 9.17) is 4.74 Å². The van der Waals surface area contributed by atoms with Gasteiger partial charge in [-0.05, 0) is 29.8 Å². The van der Waals surface area contributed by atoms with Crippen LogP contribution in [0.25, 0.3) is 6.08 Å². The number of nitro groups is 1. The molecule has 0 radical (unpaired) electrons. The number of non-ortho nitro benzene ring substituents is 1.